The van der Waals surface area contributed by atoms with Gasteiger partial charge >= 0.3 is 11.6 Å². The normalized spacial score (nSPS) is 10.7. The molecule has 1 amide bonds. The number of rotatable bonds is 6. The molecule has 156 valence electrons. The van der Waals surface area contributed by atoms with Crippen molar-refractivity contribution >= 4 is 40.1 Å². The Morgan fingerprint density at radius 2 is 1.97 bits per heavy atom. The minimum Gasteiger partial charge on any atom is -0.484 e. The molecule has 0 saturated carbocycles. The summed E-state index contributed by atoms with van der Waals surface area (Å²) in [5.74, 6) is -1.52. The molecule has 7 nitrogen and oxygen atoms in total. The third-order valence-electron chi connectivity index (χ3n) is 4.38. The van der Waals surface area contributed by atoms with Crippen LogP contribution < -0.4 is 15.7 Å². The van der Waals surface area contributed by atoms with E-state index in [2.05, 4.69) is 10.1 Å². The maximum atomic E-state index is 13.7. The lowest BCUT2D eigenvalue weighted by Crippen LogP contribution is -2.20. The van der Waals surface area contributed by atoms with Crippen LogP contribution in [0.25, 0.3) is 11.0 Å². The van der Waals surface area contributed by atoms with Gasteiger partial charge in [-0.3, -0.25) is 9.59 Å². The van der Waals surface area contributed by atoms with Crippen molar-refractivity contribution in [2.45, 2.75) is 13.3 Å². The summed E-state index contributed by atoms with van der Waals surface area (Å²) in [5, 5.41) is 3.21. The van der Waals surface area contributed by atoms with Crippen molar-refractivity contribution in [3.8, 4) is 5.75 Å². The molecule has 0 aliphatic heterocycles. The third-order valence-corrected chi connectivity index (χ3v) is 4.62. The van der Waals surface area contributed by atoms with E-state index in [-0.39, 0.29) is 34.0 Å². The molecule has 2 aromatic carbocycles. The van der Waals surface area contributed by atoms with Crippen molar-refractivity contribution in [3.05, 3.63) is 68.8 Å². The number of esters is 1. The predicted octanol–water partition coefficient (Wildman–Crippen LogP) is 3.63. The summed E-state index contributed by atoms with van der Waals surface area (Å²) in [6, 6.07) is 8.58. The Morgan fingerprint density at radius 3 is 2.67 bits per heavy atom. The Bertz CT molecular complexity index is 1190. The average Bonchev–Trinajstić information content (AvgIpc) is 2.71. The number of carbonyl (C=O) groups excluding carboxylic acids is 2. The quantitative estimate of drug-likeness (QED) is 0.471. The van der Waals surface area contributed by atoms with Crippen LogP contribution in [0.2, 0.25) is 5.02 Å². The van der Waals surface area contributed by atoms with Crippen molar-refractivity contribution in [2.75, 3.05) is 19.0 Å². The number of amides is 1. The molecule has 30 heavy (non-hydrogen) atoms. The molecule has 3 aromatic rings. The molecule has 9 heteroatoms. The minimum atomic E-state index is -0.665. The molecule has 0 aliphatic carbocycles. The second kappa shape index (κ2) is 8.96. The first-order valence-electron chi connectivity index (χ1n) is 8.79. The number of nitrogens with one attached hydrogen (secondary N) is 1. The molecule has 0 unspecified atom stereocenters. The molecule has 3 rings (SSSR count). The van der Waals surface area contributed by atoms with Gasteiger partial charge < -0.3 is 19.2 Å². The first-order valence-corrected chi connectivity index (χ1v) is 9.17. The van der Waals surface area contributed by atoms with Crippen LogP contribution in [-0.2, 0) is 20.7 Å². The highest BCUT2D eigenvalue weighted by molar-refractivity contribution is 6.30. The van der Waals surface area contributed by atoms with E-state index in [1.54, 1.807) is 19.1 Å². The Kier molecular flexibility index (Phi) is 6.37. The number of methoxy groups -OCH3 is 1. The van der Waals surface area contributed by atoms with E-state index < -0.39 is 29.9 Å². The molecule has 0 saturated heterocycles. The summed E-state index contributed by atoms with van der Waals surface area (Å²) in [6.45, 7) is 1.31. The van der Waals surface area contributed by atoms with Gasteiger partial charge in [-0.25, -0.2) is 9.18 Å². The van der Waals surface area contributed by atoms with Crippen LogP contribution in [0.1, 0.15) is 11.1 Å². The molecule has 1 heterocycles. The smallest absolute Gasteiger partial charge is 0.340 e. The van der Waals surface area contributed by atoms with Crippen LogP contribution in [0.4, 0.5) is 10.1 Å². The van der Waals surface area contributed by atoms with E-state index in [1.165, 1.54) is 25.3 Å². The summed E-state index contributed by atoms with van der Waals surface area (Å²) >= 11 is 5.68. The monoisotopic (exact) mass is 433 g/mol. The Morgan fingerprint density at radius 1 is 1.20 bits per heavy atom. The van der Waals surface area contributed by atoms with Gasteiger partial charge in [0.15, 0.2) is 6.61 Å². The second-order valence-corrected chi connectivity index (χ2v) is 6.80. The highest BCUT2D eigenvalue weighted by Crippen LogP contribution is 2.25. The fourth-order valence-corrected chi connectivity index (χ4v) is 2.97. The standard InChI is InChI=1S/C21H17ClFNO6/c1-11-14-5-4-13(8-18(14)30-21(27)15(11)9-20(26)28-2)29-10-19(25)24-17-6-3-12(22)7-16(17)23/h3-8H,9-10H2,1-2H3,(H,24,25). The van der Waals surface area contributed by atoms with Crippen molar-refractivity contribution in [1.29, 1.82) is 0 Å². The summed E-state index contributed by atoms with van der Waals surface area (Å²) < 4.78 is 29.0. The van der Waals surface area contributed by atoms with E-state index in [9.17, 15) is 18.8 Å². The van der Waals surface area contributed by atoms with E-state index >= 15 is 0 Å². The van der Waals surface area contributed by atoms with Crippen LogP contribution in [0.5, 0.6) is 5.75 Å². The highest BCUT2D eigenvalue weighted by atomic mass is 35.5. The first-order chi connectivity index (χ1) is 14.3. The Hall–Kier alpha value is -3.39. The number of halogens is 2. The van der Waals surface area contributed by atoms with E-state index in [0.717, 1.165) is 6.07 Å². The molecular formula is C21H17ClFNO6. The second-order valence-electron chi connectivity index (χ2n) is 6.36. The fraction of sp³-hybridized carbons (Fsp3) is 0.190. The van der Waals surface area contributed by atoms with Gasteiger partial charge in [0.25, 0.3) is 5.91 Å². The van der Waals surface area contributed by atoms with Crippen molar-refractivity contribution < 1.29 is 27.9 Å². The van der Waals surface area contributed by atoms with Crippen molar-refractivity contribution in [2.24, 2.45) is 0 Å². The predicted molar refractivity (Wildman–Crippen MR) is 108 cm³/mol. The number of ether oxygens (including phenoxy) is 2. The minimum absolute atomic E-state index is 0.0220. The molecule has 0 spiro atoms. The molecule has 0 radical (unpaired) electrons. The van der Waals surface area contributed by atoms with Gasteiger partial charge in [-0.2, -0.15) is 0 Å². The van der Waals surface area contributed by atoms with Gasteiger partial charge in [-0.15, -0.1) is 0 Å². The summed E-state index contributed by atoms with van der Waals surface area (Å²) in [6.07, 6.45) is -0.194. The lowest BCUT2D eigenvalue weighted by atomic mass is 10.0. The summed E-state index contributed by atoms with van der Waals surface area (Å²) in [5.41, 5.74) is 0.374. The number of hydrogen-bond acceptors (Lipinski definition) is 6. The molecule has 1 N–H and O–H groups in total. The molecule has 0 atom stereocenters. The Labute approximate surface area is 175 Å². The number of anilines is 1. The van der Waals surface area contributed by atoms with Crippen molar-refractivity contribution in [1.82, 2.24) is 0 Å². The van der Waals surface area contributed by atoms with Crippen LogP contribution in [0, 0.1) is 12.7 Å². The summed E-state index contributed by atoms with van der Waals surface area (Å²) in [7, 11) is 1.24. The molecule has 0 fully saturated rings. The van der Waals surface area contributed by atoms with Crippen molar-refractivity contribution in [3.63, 3.8) is 0 Å². The van der Waals surface area contributed by atoms with Crippen LogP contribution >= 0.6 is 11.6 Å². The third kappa shape index (κ3) is 4.77. The van der Waals surface area contributed by atoms with Gasteiger partial charge in [0.2, 0.25) is 0 Å². The van der Waals surface area contributed by atoms with Crippen LogP contribution in [0.3, 0.4) is 0 Å². The lowest BCUT2D eigenvalue weighted by molar-refractivity contribution is -0.139. The van der Waals surface area contributed by atoms with Gasteiger partial charge in [-0.05, 0) is 42.8 Å². The number of fused-ring (bicyclic) bond motifs is 1. The lowest BCUT2D eigenvalue weighted by Gasteiger charge is -2.10. The van der Waals surface area contributed by atoms with E-state index in [4.69, 9.17) is 20.8 Å². The first kappa shape index (κ1) is 21.3. The van der Waals surface area contributed by atoms with Gasteiger partial charge in [-0.1, -0.05) is 11.6 Å². The molecular weight excluding hydrogens is 417 g/mol. The largest absolute Gasteiger partial charge is 0.484 e. The maximum Gasteiger partial charge on any atom is 0.340 e. The van der Waals surface area contributed by atoms with Gasteiger partial charge in [0, 0.05) is 16.5 Å². The highest BCUT2D eigenvalue weighted by Gasteiger charge is 2.16. The zero-order valence-corrected chi connectivity index (χ0v) is 16.8. The number of benzene rings is 2. The fourth-order valence-electron chi connectivity index (χ4n) is 2.81. The number of hydrogen-bond donors (Lipinski definition) is 1. The average molecular weight is 434 g/mol. The van der Waals surface area contributed by atoms with Crippen LogP contribution in [-0.4, -0.2) is 25.6 Å². The zero-order valence-electron chi connectivity index (χ0n) is 16.1. The van der Waals surface area contributed by atoms with Gasteiger partial charge in [0.05, 0.1) is 24.8 Å². The molecule has 0 aliphatic rings. The Balaban J connectivity index is 1.74. The number of carbonyl (C=O) groups is 2. The topological polar surface area (TPSA) is 94.8 Å². The SMILES string of the molecule is COC(=O)Cc1c(C)c2ccc(OCC(=O)Nc3ccc(Cl)cc3F)cc2oc1=O. The zero-order chi connectivity index (χ0) is 21.8. The van der Waals surface area contributed by atoms with E-state index in [1.807, 2.05) is 0 Å². The maximum absolute atomic E-state index is 13.7. The van der Waals surface area contributed by atoms with Crippen LogP contribution in [0.15, 0.2) is 45.6 Å². The van der Waals surface area contributed by atoms with Gasteiger partial charge in [0.1, 0.15) is 17.1 Å². The number of aryl methyl sites for hydroxylation is 1. The van der Waals surface area contributed by atoms with E-state index in [0.29, 0.717) is 10.9 Å². The summed E-state index contributed by atoms with van der Waals surface area (Å²) in [4.78, 5) is 35.7. The molecule has 0 bridgehead atoms. The molecule has 1 aromatic heterocycles.